The normalized spacial score (nSPS) is 20.9. The molecule has 3 heterocycles. The lowest BCUT2D eigenvalue weighted by molar-refractivity contribution is 0.194. The molecule has 1 saturated heterocycles. The van der Waals surface area contributed by atoms with E-state index in [2.05, 4.69) is 15.0 Å². The summed E-state index contributed by atoms with van der Waals surface area (Å²) in [6, 6.07) is 6.36. The van der Waals surface area contributed by atoms with Crippen molar-refractivity contribution in [3.63, 3.8) is 0 Å². The smallest absolute Gasteiger partial charge is 0.165 e. The van der Waals surface area contributed by atoms with Crippen LogP contribution in [0.5, 0.6) is 0 Å². The van der Waals surface area contributed by atoms with Crippen molar-refractivity contribution in [1.82, 2.24) is 19.5 Å². The first kappa shape index (κ1) is 15.0. The van der Waals surface area contributed by atoms with Gasteiger partial charge in [0.1, 0.15) is 12.1 Å². The van der Waals surface area contributed by atoms with Gasteiger partial charge in [-0.15, -0.1) is 0 Å². The number of aryl methyl sites for hydroxylation is 1. The number of nitrogens with zero attached hydrogens (tertiary/aromatic N) is 5. The molecule has 0 spiro atoms. The third kappa shape index (κ3) is 2.41. The molecule has 24 heavy (non-hydrogen) atoms. The molecule has 2 aromatic heterocycles. The van der Waals surface area contributed by atoms with Gasteiger partial charge in [0.2, 0.25) is 0 Å². The van der Waals surface area contributed by atoms with Gasteiger partial charge in [0.25, 0.3) is 0 Å². The Kier molecular flexibility index (Phi) is 3.65. The van der Waals surface area contributed by atoms with E-state index in [9.17, 15) is 9.50 Å². The number of fused-ring (bicyclic) bond motifs is 1. The largest absolute Gasteiger partial charge is 0.391 e. The molecule has 0 aliphatic carbocycles. The van der Waals surface area contributed by atoms with Gasteiger partial charge >= 0.3 is 0 Å². The highest BCUT2D eigenvalue weighted by molar-refractivity contribution is 5.83. The molecule has 3 aromatic rings. The van der Waals surface area contributed by atoms with E-state index in [0.29, 0.717) is 24.3 Å². The first-order valence-corrected chi connectivity index (χ1v) is 8.03. The topological polar surface area (TPSA) is 67.1 Å². The van der Waals surface area contributed by atoms with Gasteiger partial charge in [-0.2, -0.15) is 0 Å². The van der Waals surface area contributed by atoms with Gasteiger partial charge < -0.3 is 14.6 Å². The molecule has 0 bridgehead atoms. The van der Waals surface area contributed by atoms with E-state index < -0.39 is 6.10 Å². The number of rotatable bonds is 3. The Morgan fingerprint density at radius 2 is 2.17 bits per heavy atom. The second-order valence-electron chi connectivity index (χ2n) is 6.01. The molecular weight excluding hydrogens is 309 g/mol. The molecule has 4 rings (SSSR count). The van der Waals surface area contributed by atoms with Crippen molar-refractivity contribution >= 4 is 17.0 Å². The highest BCUT2D eigenvalue weighted by Gasteiger charge is 2.34. The van der Waals surface area contributed by atoms with Gasteiger partial charge in [0.15, 0.2) is 17.0 Å². The molecule has 2 atom stereocenters. The highest BCUT2D eigenvalue weighted by atomic mass is 19.1. The van der Waals surface area contributed by atoms with E-state index in [1.807, 2.05) is 22.5 Å². The average molecular weight is 327 g/mol. The zero-order valence-corrected chi connectivity index (χ0v) is 13.3. The molecule has 1 aliphatic heterocycles. The lowest BCUT2D eigenvalue weighted by Crippen LogP contribution is -2.25. The number of aliphatic hydroxyl groups excluding tert-OH is 1. The fourth-order valence-electron chi connectivity index (χ4n) is 3.39. The van der Waals surface area contributed by atoms with Crippen molar-refractivity contribution in [2.75, 3.05) is 11.4 Å². The third-order valence-corrected chi connectivity index (χ3v) is 4.51. The Morgan fingerprint density at radius 3 is 2.96 bits per heavy atom. The van der Waals surface area contributed by atoms with E-state index >= 15 is 0 Å². The second-order valence-corrected chi connectivity index (χ2v) is 6.01. The summed E-state index contributed by atoms with van der Waals surface area (Å²) in [7, 11) is 0. The van der Waals surface area contributed by atoms with Gasteiger partial charge in [-0.05, 0) is 31.0 Å². The van der Waals surface area contributed by atoms with Crippen LogP contribution < -0.4 is 4.90 Å². The van der Waals surface area contributed by atoms with E-state index in [-0.39, 0.29) is 11.9 Å². The molecule has 0 saturated carbocycles. The number of aromatic nitrogens is 4. The fraction of sp³-hybridized carbons (Fsp3) is 0.353. The summed E-state index contributed by atoms with van der Waals surface area (Å²) >= 11 is 0. The molecular formula is C17H18FN5O. The molecule has 6 nitrogen and oxygen atoms in total. The summed E-state index contributed by atoms with van der Waals surface area (Å²) < 4.78 is 15.6. The van der Waals surface area contributed by atoms with Crippen LogP contribution in [0.3, 0.4) is 0 Å². The Morgan fingerprint density at radius 1 is 1.29 bits per heavy atom. The van der Waals surface area contributed by atoms with E-state index in [4.69, 9.17) is 0 Å². The third-order valence-electron chi connectivity index (χ3n) is 4.51. The molecule has 124 valence electrons. The summed E-state index contributed by atoms with van der Waals surface area (Å²) in [5, 5.41) is 10.2. The predicted octanol–water partition coefficient (Wildman–Crippen LogP) is 2.30. The minimum absolute atomic E-state index is 0.138. The van der Waals surface area contributed by atoms with Gasteiger partial charge in [0.05, 0.1) is 18.5 Å². The van der Waals surface area contributed by atoms with Crippen molar-refractivity contribution in [1.29, 1.82) is 0 Å². The Hall–Kier alpha value is -2.54. The quantitative estimate of drug-likeness (QED) is 0.799. The van der Waals surface area contributed by atoms with Crippen LogP contribution in [0, 0.1) is 5.82 Å². The number of aliphatic hydroxyl groups is 1. The van der Waals surface area contributed by atoms with Crippen molar-refractivity contribution < 1.29 is 9.50 Å². The van der Waals surface area contributed by atoms with Crippen molar-refractivity contribution in [2.24, 2.45) is 0 Å². The summed E-state index contributed by atoms with van der Waals surface area (Å²) in [6.45, 7) is 3.23. The molecule has 1 aliphatic rings. The Bertz CT molecular complexity index is 880. The van der Waals surface area contributed by atoms with Gasteiger partial charge in [-0.1, -0.05) is 12.1 Å². The summed E-state index contributed by atoms with van der Waals surface area (Å²) in [5.41, 5.74) is 2.30. The number of halogens is 1. The molecule has 7 heteroatoms. The molecule has 0 amide bonds. The SMILES string of the molecule is CCn1cnc2c(N3C[C@H](O)C[C@H]3c3cccc(F)c3)ncnc21. The lowest BCUT2D eigenvalue weighted by atomic mass is 10.0. The fourth-order valence-corrected chi connectivity index (χ4v) is 3.39. The lowest BCUT2D eigenvalue weighted by Gasteiger charge is -2.25. The maximum Gasteiger partial charge on any atom is 0.165 e. The zero-order chi connectivity index (χ0) is 16.7. The van der Waals surface area contributed by atoms with Crippen LogP contribution in [0.1, 0.15) is 24.9 Å². The maximum atomic E-state index is 13.6. The van der Waals surface area contributed by atoms with Crippen molar-refractivity contribution in [2.45, 2.75) is 32.0 Å². The van der Waals surface area contributed by atoms with Crippen molar-refractivity contribution in [3.05, 3.63) is 48.3 Å². The minimum atomic E-state index is -0.489. The van der Waals surface area contributed by atoms with Gasteiger partial charge in [-0.25, -0.2) is 19.3 Å². The van der Waals surface area contributed by atoms with Crippen LogP contribution in [0.4, 0.5) is 10.2 Å². The van der Waals surface area contributed by atoms with E-state index in [1.165, 1.54) is 18.5 Å². The predicted molar refractivity (Wildman–Crippen MR) is 88.1 cm³/mol. The van der Waals surface area contributed by atoms with Crippen LogP contribution >= 0.6 is 0 Å². The summed E-state index contributed by atoms with van der Waals surface area (Å²) in [5.74, 6) is 0.398. The Balaban J connectivity index is 1.81. The highest BCUT2D eigenvalue weighted by Crippen LogP contribution is 2.37. The molecule has 0 unspecified atom stereocenters. The molecule has 1 aromatic carbocycles. The van der Waals surface area contributed by atoms with E-state index in [1.54, 1.807) is 12.4 Å². The van der Waals surface area contributed by atoms with Crippen molar-refractivity contribution in [3.8, 4) is 0 Å². The van der Waals surface area contributed by atoms with Crippen LogP contribution in [0.15, 0.2) is 36.9 Å². The molecule has 1 fully saturated rings. The number of benzene rings is 1. The van der Waals surface area contributed by atoms with Gasteiger partial charge in [0, 0.05) is 13.1 Å². The second kappa shape index (κ2) is 5.83. The van der Waals surface area contributed by atoms with Crippen LogP contribution in [-0.2, 0) is 6.54 Å². The monoisotopic (exact) mass is 327 g/mol. The minimum Gasteiger partial charge on any atom is -0.391 e. The van der Waals surface area contributed by atoms with Gasteiger partial charge in [-0.3, -0.25) is 0 Å². The number of hydrogen-bond acceptors (Lipinski definition) is 5. The number of β-amino-alcohol motifs (C(OH)–C–C–N with tert-alkyl or cyclic N) is 1. The average Bonchev–Trinajstić information content (AvgIpc) is 3.17. The maximum absolute atomic E-state index is 13.6. The first-order chi connectivity index (χ1) is 11.7. The van der Waals surface area contributed by atoms with E-state index in [0.717, 1.165) is 17.8 Å². The number of anilines is 1. The molecule has 1 N–H and O–H groups in total. The zero-order valence-electron chi connectivity index (χ0n) is 13.3. The molecule has 0 radical (unpaired) electrons. The van der Waals surface area contributed by atoms with Crippen LogP contribution in [0.2, 0.25) is 0 Å². The first-order valence-electron chi connectivity index (χ1n) is 8.03. The summed E-state index contributed by atoms with van der Waals surface area (Å²) in [4.78, 5) is 15.2. The summed E-state index contributed by atoms with van der Waals surface area (Å²) in [6.07, 6.45) is 3.30. The number of hydrogen-bond donors (Lipinski definition) is 1. The standard InChI is InChI=1S/C17H18FN5O/c1-2-22-10-21-15-16(22)19-9-20-17(15)23-8-13(24)7-14(23)11-4-3-5-12(18)6-11/h3-6,9-10,13-14,24H,2,7-8H2,1H3/t13-,14+/m1/s1. The number of imidazole rings is 1. The Labute approximate surface area is 138 Å². The van der Waals surface area contributed by atoms with Crippen LogP contribution in [-0.4, -0.2) is 37.3 Å². The van der Waals surface area contributed by atoms with Crippen LogP contribution in [0.25, 0.3) is 11.2 Å².